The van der Waals surface area contributed by atoms with Crippen molar-refractivity contribution in [1.82, 2.24) is 9.97 Å². The number of benzene rings is 1. The Labute approximate surface area is 118 Å². The molecular formula is C14H10BrFN2O. The molecule has 0 N–H and O–H groups in total. The van der Waals surface area contributed by atoms with E-state index < -0.39 is 0 Å². The van der Waals surface area contributed by atoms with Gasteiger partial charge >= 0.3 is 0 Å². The van der Waals surface area contributed by atoms with Crippen molar-refractivity contribution in [1.29, 1.82) is 0 Å². The van der Waals surface area contributed by atoms with Gasteiger partial charge in [0.15, 0.2) is 11.6 Å². The monoisotopic (exact) mass is 320 g/mol. The minimum atomic E-state index is -0.337. The molecule has 0 saturated carbocycles. The van der Waals surface area contributed by atoms with Crippen LogP contribution in [0.4, 0.5) is 4.39 Å². The topological polar surface area (TPSA) is 42.9 Å². The van der Waals surface area contributed by atoms with Crippen molar-refractivity contribution in [2.45, 2.75) is 19.3 Å². The van der Waals surface area contributed by atoms with E-state index in [0.29, 0.717) is 23.4 Å². The third-order valence-electron chi connectivity index (χ3n) is 3.15. The summed E-state index contributed by atoms with van der Waals surface area (Å²) in [5.74, 6) is 0.196. The molecule has 0 aliphatic heterocycles. The van der Waals surface area contributed by atoms with E-state index in [-0.39, 0.29) is 11.6 Å². The summed E-state index contributed by atoms with van der Waals surface area (Å²) in [5, 5.41) is 0. The smallest absolute Gasteiger partial charge is 0.166 e. The highest BCUT2D eigenvalue weighted by atomic mass is 79.9. The molecule has 2 aromatic rings. The lowest BCUT2D eigenvalue weighted by molar-refractivity contribution is 0.0971. The van der Waals surface area contributed by atoms with Crippen molar-refractivity contribution in [2.24, 2.45) is 0 Å². The number of rotatable bonds is 1. The minimum absolute atomic E-state index is 0.0890. The zero-order valence-corrected chi connectivity index (χ0v) is 11.6. The van der Waals surface area contributed by atoms with Gasteiger partial charge < -0.3 is 0 Å². The molecule has 5 heteroatoms. The van der Waals surface area contributed by atoms with E-state index in [4.69, 9.17) is 0 Å². The number of hydrogen-bond acceptors (Lipinski definition) is 3. The molecule has 3 rings (SSSR count). The quantitative estimate of drug-likeness (QED) is 0.806. The normalized spacial score (nSPS) is 14.3. The standard InChI is InChI=1S/C14H10BrFN2O/c15-11-5-4-8(16)6-9(11)14-17-7-10-12(18-14)2-1-3-13(10)19/h4-7H,1-3H2. The number of carbonyl (C=O) groups excluding carboxylic acids is 1. The number of halogens is 2. The van der Waals surface area contributed by atoms with E-state index >= 15 is 0 Å². The summed E-state index contributed by atoms with van der Waals surface area (Å²) in [4.78, 5) is 20.3. The molecule has 0 saturated heterocycles. The second kappa shape index (κ2) is 4.81. The van der Waals surface area contributed by atoms with Crippen LogP contribution in [0.2, 0.25) is 0 Å². The molecule has 0 fully saturated rings. The van der Waals surface area contributed by atoms with E-state index in [1.54, 1.807) is 12.3 Å². The van der Waals surface area contributed by atoms with Crippen LogP contribution in [0.5, 0.6) is 0 Å². The fourth-order valence-electron chi connectivity index (χ4n) is 2.19. The third-order valence-corrected chi connectivity index (χ3v) is 3.85. The lowest BCUT2D eigenvalue weighted by Gasteiger charge is -2.14. The van der Waals surface area contributed by atoms with Crippen LogP contribution in [-0.2, 0) is 6.42 Å². The van der Waals surface area contributed by atoms with E-state index in [1.165, 1.54) is 12.1 Å². The zero-order chi connectivity index (χ0) is 13.4. The summed E-state index contributed by atoms with van der Waals surface area (Å²) < 4.78 is 14.0. The Morgan fingerprint density at radius 2 is 2.05 bits per heavy atom. The number of aromatic nitrogens is 2. The molecule has 0 radical (unpaired) electrons. The van der Waals surface area contributed by atoms with E-state index in [2.05, 4.69) is 25.9 Å². The molecule has 19 heavy (non-hydrogen) atoms. The Bertz CT molecular complexity index is 672. The Morgan fingerprint density at radius 3 is 2.89 bits per heavy atom. The SMILES string of the molecule is O=C1CCCc2nc(-c3cc(F)ccc3Br)ncc21. The Hall–Kier alpha value is -1.62. The highest BCUT2D eigenvalue weighted by Crippen LogP contribution is 2.28. The van der Waals surface area contributed by atoms with Gasteiger partial charge in [0.1, 0.15) is 5.82 Å². The van der Waals surface area contributed by atoms with Crippen LogP contribution in [0.3, 0.4) is 0 Å². The van der Waals surface area contributed by atoms with Gasteiger partial charge in [-0.2, -0.15) is 0 Å². The second-order valence-electron chi connectivity index (χ2n) is 4.45. The maximum Gasteiger partial charge on any atom is 0.166 e. The van der Waals surface area contributed by atoms with Gasteiger partial charge in [-0.05, 0) is 31.0 Å². The van der Waals surface area contributed by atoms with Crippen molar-refractivity contribution in [3.8, 4) is 11.4 Å². The van der Waals surface area contributed by atoms with Gasteiger partial charge in [0.2, 0.25) is 0 Å². The average Bonchev–Trinajstić information content (AvgIpc) is 2.41. The number of fused-ring (bicyclic) bond motifs is 1. The van der Waals surface area contributed by atoms with Gasteiger partial charge in [0.05, 0.1) is 11.3 Å². The lowest BCUT2D eigenvalue weighted by Crippen LogP contribution is -2.13. The number of nitrogens with zero attached hydrogens (tertiary/aromatic N) is 2. The van der Waals surface area contributed by atoms with Crippen molar-refractivity contribution in [2.75, 3.05) is 0 Å². The summed E-state index contributed by atoms with van der Waals surface area (Å²) in [6.07, 6.45) is 3.69. The van der Waals surface area contributed by atoms with Crippen LogP contribution in [0.1, 0.15) is 28.9 Å². The van der Waals surface area contributed by atoms with Crippen molar-refractivity contribution in [3.63, 3.8) is 0 Å². The summed E-state index contributed by atoms with van der Waals surface area (Å²) in [6, 6.07) is 4.38. The first-order valence-electron chi connectivity index (χ1n) is 5.99. The number of Topliss-reactive ketones (excluding diaryl/α,β-unsaturated/α-hetero) is 1. The van der Waals surface area contributed by atoms with Gasteiger partial charge in [0.25, 0.3) is 0 Å². The van der Waals surface area contributed by atoms with Gasteiger partial charge in [0, 0.05) is 22.7 Å². The molecule has 1 aromatic carbocycles. The van der Waals surface area contributed by atoms with Gasteiger partial charge in [-0.1, -0.05) is 15.9 Å². The highest BCUT2D eigenvalue weighted by molar-refractivity contribution is 9.10. The lowest BCUT2D eigenvalue weighted by atomic mass is 9.96. The molecule has 0 unspecified atom stereocenters. The van der Waals surface area contributed by atoms with Gasteiger partial charge in [-0.25, -0.2) is 14.4 Å². The summed E-state index contributed by atoms with van der Waals surface area (Å²) >= 11 is 3.36. The van der Waals surface area contributed by atoms with Crippen LogP contribution in [0.15, 0.2) is 28.9 Å². The maximum absolute atomic E-state index is 13.3. The summed E-state index contributed by atoms with van der Waals surface area (Å²) in [7, 11) is 0. The first-order valence-corrected chi connectivity index (χ1v) is 6.79. The second-order valence-corrected chi connectivity index (χ2v) is 5.31. The molecular weight excluding hydrogens is 311 g/mol. The predicted molar refractivity (Wildman–Crippen MR) is 72.4 cm³/mol. The molecule has 1 aliphatic carbocycles. The van der Waals surface area contributed by atoms with Crippen LogP contribution in [0.25, 0.3) is 11.4 Å². The Balaban J connectivity index is 2.11. The van der Waals surface area contributed by atoms with Gasteiger partial charge in [-0.15, -0.1) is 0 Å². The van der Waals surface area contributed by atoms with E-state index in [1.807, 2.05) is 0 Å². The van der Waals surface area contributed by atoms with Crippen LogP contribution < -0.4 is 0 Å². The maximum atomic E-state index is 13.3. The zero-order valence-electron chi connectivity index (χ0n) is 9.99. The Morgan fingerprint density at radius 1 is 1.21 bits per heavy atom. The fraction of sp³-hybridized carbons (Fsp3) is 0.214. The van der Waals surface area contributed by atoms with Crippen molar-refractivity contribution >= 4 is 21.7 Å². The van der Waals surface area contributed by atoms with Crippen LogP contribution in [0, 0.1) is 5.82 Å². The summed E-state index contributed by atoms with van der Waals surface area (Å²) in [6.45, 7) is 0. The molecule has 1 aliphatic rings. The molecule has 0 amide bonds. The molecule has 96 valence electrons. The predicted octanol–water partition coefficient (Wildman–Crippen LogP) is 3.56. The first-order chi connectivity index (χ1) is 9.15. The van der Waals surface area contributed by atoms with Crippen LogP contribution in [-0.4, -0.2) is 15.8 Å². The van der Waals surface area contributed by atoms with Crippen LogP contribution >= 0.6 is 15.9 Å². The Kier molecular flexibility index (Phi) is 3.14. The molecule has 0 atom stereocenters. The average molecular weight is 321 g/mol. The first kappa shape index (κ1) is 12.4. The van der Waals surface area contributed by atoms with E-state index in [9.17, 15) is 9.18 Å². The summed E-state index contributed by atoms with van der Waals surface area (Å²) in [5.41, 5.74) is 1.96. The number of ketones is 1. The van der Waals surface area contributed by atoms with E-state index in [0.717, 1.165) is 23.0 Å². The van der Waals surface area contributed by atoms with Gasteiger partial charge in [-0.3, -0.25) is 4.79 Å². The van der Waals surface area contributed by atoms with Crippen molar-refractivity contribution in [3.05, 3.63) is 45.9 Å². The molecule has 1 heterocycles. The molecule has 0 spiro atoms. The molecule has 1 aromatic heterocycles. The minimum Gasteiger partial charge on any atom is -0.294 e. The van der Waals surface area contributed by atoms with Crippen molar-refractivity contribution < 1.29 is 9.18 Å². The largest absolute Gasteiger partial charge is 0.294 e. The number of aryl methyl sites for hydroxylation is 1. The fourth-order valence-corrected chi connectivity index (χ4v) is 2.61. The third kappa shape index (κ3) is 2.30. The number of hydrogen-bond donors (Lipinski definition) is 0. The molecule has 3 nitrogen and oxygen atoms in total. The highest BCUT2D eigenvalue weighted by Gasteiger charge is 2.20. The molecule has 0 bridgehead atoms. The number of carbonyl (C=O) groups is 1.